The number of hydrogen-bond donors (Lipinski definition) is 2. The molecule has 2 aromatic carbocycles. The van der Waals surface area contributed by atoms with E-state index in [0.29, 0.717) is 6.54 Å². The monoisotopic (exact) mass is 238 g/mol. The number of rotatable bonds is 3. The molecule has 4 heteroatoms. The number of nitrogens with one attached hydrogen (secondary N) is 1. The SMILES string of the molecule is Nn1c(CNc2ccccc2)nc2ccccc21. The molecule has 0 aliphatic rings. The lowest BCUT2D eigenvalue weighted by Crippen LogP contribution is -2.15. The maximum atomic E-state index is 6.02. The Morgan fingerprint density at radius 3 is 2.50 bits per heavy atom. The van der Waals surface area contributed by atoms with Gasteiger partial charge in [-0.05, 0) is 24.3 Å². The average Bonchev–Trinajstić information content (AvgIpc) is 2.75. The highest BCUT2D eigenvalue weighted by atomic mass is 15.3. The van der Waals surface area contributed by atoms with E-state index < -0.39 is 0 Å². The van der Waals surface area contributed by atoms with Crippen molar-refractivity contribution >= 4 is 16.7 Å². The molecule has 4 nitrogen and oxygen atoms in total. The Morgan fingerprint density at radius 1 is 1.00 bits per heavy atom. The number of imidazole rings is 1. The first-order chi connectivity index (χ1) is 8.84. The molecular formula is C14H14N4. The second kappa shape index (κ2) is 4.41. The summed E-state index contributed by atoms with van der Waals surface area (Å²) in [6.07, 6.45) is 0. The maximum Gasteiger partial charge on any atom is 0.147 e. The minimum Gasteiger partial charge on any atom is -0.378 e. The second-order valence-corrected chi connectivity index (χ2v) is 4.11. The molecule has 0 unspecified atom stereocenters. The molecule has 0 spiro atoms. The number of benzene rings is 2. The van der Waals surface area contributed by atoms with E-state index in [9.17, 15) is 0 Å². The van der Waals surface area contributed by atoms with Crippen molar-refractivity contribution in [1.29, 1.82) is 0 Å². The van der Waals surface area contributed by atoms with E-state index in [2.05, 4.69) is 10.3 Å². The van der Waals surface area contributed by atoms with E-state index >= 15 is 0 Å². The number of fused-ring (bicyclic) bond motifs is 1. The van der Waals surface area contributed by atoms with Crippen molar-refractivity contribution in [3.8, 4) is 0 Å². The van der Waals surface area contributed by atoms with Crippen LogP contribution in [0, 0.1) is 0 Å². The van der Waals surface area contributed by atoms with E-state index in [1.54, 1.807) is 4.68 Å². The van der Waals surface area contributed by atoms with Crippen molar-refractivity contribution < 1.29 is 0 Å². The van der Waals surface area contributed by atoms with Crippen LogP contribution in [0.4, 0.5) is 5.69 Å². The number of aromatic nitrogens is 2. The molecule has 3 N–H and O–H groups in total. The Bertz CT molecular complexity index is 658. The van der Waals surface area contributed by atoms with E-state index in [1.165, 1.54) is 0 Å². The van der Waals surface area contributed by atoms with Crippen LogP contribution >= 0.6 is 0 Å². The molecule has 0 saturated heterocycles. The lowest BCUT2D eigenvalue weighted by atomic mass is 10.3. The minimum absolute atomic E-state index is 0.606. The van der Waals surface area contributed by atoms with Crippen LogP contribution in [0.25, 0.3) is 11.0 Å². The normalized spacial score (nSPS) is 10.7. The van der Waals surface area contributed by atoms with E-state index in [4.69, 9.17) is 5.84 Å². The predicted molar refractivity (Wildman–Crippen MR) is 73.7 cm³/mol. The highest BCUT2D eigenvalue weighted by Crippen LogP contribution is 2.14. The number of nitrogens with two attached hydrogens (primary N) is 1. The van der Waals surface area contributed by atoms with Gasteiger partial charge in [-0.2, -0.15) is 0 Å². The third-order valence-corrected chi connectivity index (χ3v) is 2.89. The molecule has 0 bridgehead atoms. The molecular weight excluding hydrogens is 224 g/mol. The molecule has 18 heavy (non-hydrogen) atoms. The zero-order valence-corrected chi connectivity index (χ0v) is 9.88. The highest BCUT2D eigenvalue weighted by molar-refractivity contribution is 5.75. The summed E-state index contributed by atoms with van der Waals surface area (Å²) in [5.74, 6) is 6.84. The Balaban J connectivity index is 1.85. The van der Waals surface area contributed by atoms with E-state index in [0.717, 1.165) is 22.5 Å². The average molecular weight is 238 g/mol. The Kier molecular flexibility index (Phi) is 2.61. The third-order valence-electron chi connectivity index (χ3n) is 2.89. The third kappa shape index (κ3) is 1.88. The molecule has 3 aromatic rings. The largest absolute Gasteiger partial charge is 0.378 e. The van der Waals surface area contributed by atoms with Gasteiger partial charge >= 0.3 is 0 Å². The number of para-hydroxylation sites is 3. The van der Waals surface area contributed by atoms with Gasteiger partial charge in [-0.3, -0.25) is 0 Å². The van der Waals surface area contributed by atoms with Gasteiger partial charge in [0, 0.05) is 5.69 Å². The van der Waals surface area contributed by atoms with Crippen molar-refractivity contribution in [3.05, 3.63) is 60.4 Å². The summed E-state index contributed by atoms with van der Waals surface area (Å²) in [5.41, 5.74) is 2.93. The number of hydrogen-bond acceptors (Lipinski definition) is 3. The zero-order valence-electron chi connectivity index (χ0n) is 9.88. The van der Waals surface area contributed by atoms with Crippen LogP contribution in [0.5, 0.6) is 0 Å². The first-order valence-corrected chi connectivity index (χ1v) is 5.85. The van der Waals surface area contributed by atoms with Gasteiger partial charge in [0.25, 0.3) is 0 Å². The van der Waals surface area contributed by atoms with Gasteiger partial charge in [0.15, 0.2) is 0 Å². The summed E-state index contributed by atoms with van der Waals surface area (Å²) < 4.78 is 1.63. The van der Waals surface area contributed by atoms with E-state index in [1.807, 2.05) is 54.6 Å². The molecule has 90 valence electrons. The summed E-state index contributed by atoms with van der Waals surface area (Å²) in [5, 5.41) is 3.30. The zero-order chi connectivity index (χ0) is 12.4. The summed E-state index contributed by atoms with van der Waals surface area (Å²) in [6.45, 7) is 0.606. The molecule has 0 fully saturated rings. The molecule has 1 heterocycles. The Morgan fingerprint density at radius 2 is 1.72 bits per heavy atom. The van der Waals surface area contributed by atoms with Crippen LogP contribution in [0.2, 0.25) is 0 Å². The van der Waals surface area contributed by atoms with Crippen LogP contribution in [0.15, 0.2) is 54.6 Å². The van der Waals surface area contributed by atoms with Gasteiger partial charge in [0.1, 0.15) is 5.82 Å². The van der Waals surface area contributed by atoms with Crippen molar-refractivity contribution in [2.75, 3.05) is 11.2 Å². The molecule has 0 aliphatic heterocycles. The van der Waals surface area contributed by atoms with Gasteiger partial charge in [-0.1, -0.05) is 30.3 Å². The van der Waals surface area contributed by atoms with Crippen LogP contribution in [0.3, 0.4) is 0 Å². The summed E-state index contributed by atoms with van der Waals surface area (Å²) in [6, 6.07) is 17.9. The van der Waals surface area contributed by atoms with Gasteiger partial charge in [-0.25, -0.2) is 9.66 Å². The number of anilines is 1. The number of nitrogen functional groups attached to an aromatic ring is 1. The first kappa shape index (κ1) is 10.7. The minimum atomic E-state index is 0.606. The van der Waals surface area contributed by atoms with Gasteiger partial charge < -0.3 is 11.2 Å². The van der Waals surface area contributed by atoms with Gasteiger partial charge in [0.2, 0.25) is 0 Å². The summed E-state index contributed by atoms with van der Waals surface area (Å²) >= 11 is 0. The molecule has 1 aromatic heterocycles. The predicted octanol–water partition coefficient (Wildman–Crippen LogP) is 2.36. The summed E-state index contributed by atoms with van der Waals surface area (Å²) in [4.78, 5) is 4.50. The fourth-order valence-corrected chi connectivity index (χ4v) is 1.96. The van der Waals surface area contributed by atoms with Crippen LogP contribution < -0.4 is 11.2 Å². The fourth-order valence-electron chi connectivity index (χ4n) is 1.96. The smallest absolute Gasteiger partial charge is 0.147 e. The van der Waals surface area contributed by atoms with Crippen LogP contribution in [-0.4, -0.2) is 9.66 Å². The van der Waals surface area contributed by atoms with Crippen molar-refractivity contribution in [2.45, 2.75) is 6.54 Å². The molecule has 0 radical (unpaired) electrons. The van der Waals surface area contributed by atoms with Gasteiger partial charge in [-0.15, -0.1) is 0 Å². The Hall–Kier alpha value is -2.49. The molecule has 0 amide bonds. The standard InChI is InChI=1S/C14H14N4/c15-18-13-9-5-4-8-12(13)17-14(18)10-16-11-6-2-1-3-7-11/h1-9,16H,10,15H2. The first-order valence-electron chi connectivity index (χ1n) is 5.85. The molecule has 0 aliphatic carbocycles. The van der Waals surface area contributed by atoms with Crippen LogP contribution in [-0.2, 0) is 6.54 Å². The quantitative estimate of drug-likeness (QED) is 0.689. The van der Waals surface area contributed by atoms with E-state index in [-0.39, 0.29) is 0 Å². The fraction of sp³-hybridized carbons (Fsp3) is 0.0714. The lowest BCUT2D eigenvalue weighted by Gasteiger charge is -2.05. The summed E-state index contributed by atoms with van der Waals surface area (Å²) in [7, 11) is 0. The maximum absolute atomic E-state index is 6.02. The van der Waals surface area contributed by atoms with Crippen LogP contribution in [0.1, 0.15) is 5.82 Å². The van der Waals surface area contributed by atoms with Crippen molar-refractivity contribution in [1.82, 2.24) is 9.66 Å². The molecule has 0 saturated carbocycles. The topological polar surface area (TPSA) is 55.9 Å². The highest BCUT2D eigenvalue weighted by Gasteiger charge is 2.06. The Labute approximate surface area is 105 Å². The lowest BCUT2D eigenvalue weighted by molar-refractivity contribution is 0.885. The molecule has 0 atom stereocenters. The van der Waals surface area contributed by atoms with Crippen molar-refractivity contribution in [3.63, 3.8) is 0 Å². The van der Waals surface area contributed by atoms with Gasteiger partial charge in [0.05, 0.1) is 17.6 Å². The second-order valence-electron chi connectivity index (χ2n) is 4.11. The number of nitrogens with zero attached hydrogens (tertiary/aromatic N) is 2. The molecule has 3 rings (SSSR count). The van der Waals surface area contributed by atoms with Crippen molar-refractivity contribution in [2.24, 2.45) is 0 Å².